The van der Waals surface area contributed by atoms with E-state index in [1.54, 1.807) is 18.0 Å². The highest BCUT2D eigenvalue weighted by atomic mass is 79.9. The van der Waals surface area contributed by atoms with E-state index in [2.05, 4.69) is 27.0 Å². The summed E-state index contributed by atoms with van der Waals surface area (Å²) in [5.41, 5.74) is 5.65. The minimum atomic E-state index is 0.285. The molecule has 2 N–H and O–H groups in total. The van der Waals surface area contributed by atoms with Crippen molar-refractivity contribution in [2.45, 2.75) is 24.3 Å². The van der Waals surface area contributed by atoms with Crippen molar-refractivity contribution in [1.82, 2.24) is 4.98 Å². The van der Waals surface area contributed by atoms with Gasteiger partial charge in [0.05, 0.1) is 0 Å². The molecule has 4 heteroatoms. The third-order valence-electron chi connectivity index (χ3n) is 1.52. The number of halogens is 1. The lowest BCUT2D eigenvalue weighted by Gasteiger charge is -2.04. The van der Waals surface area contributed by atoms with Gasteiger partial charge in [0.25, 0.3) is 0 Å². The number of nitrogens with two attached hydrogens (primary N) is 1. The number of hydrogen-bond acceptors (Lipinski definition) is 3. The summed E-state index contributed by atoms with van der Waals surface area (Å²) in [6.07, 6.45) is 4.70. The number of aromatic nitrogens is 1. The third-order valence-corrected chi connectivity index (χ3v) is 2.95. The van der Waals surface area contributed by atoms with Crippen molar-refractivity contribution in [2.75, 3.05) is 5.75 Å². The SMILES string of the molecule is CC(N)CCSc1cncc(Br)c1. The average molecular weight is 261 g/mol. The van der Waals surface area contributed by atoms with Gasteiger partial charge in [0.1, 0.15) is 0 Å². The molecule has 1 aromatic heterocycles. The highest BCUT2D eigenvalue weighted by Crippen LogP contribution is 2.21. The fourth-order valence-corrected chi connectivity index (χ4v) is 2.42. The molecule has 0 bridgehead atoms. The van der Waals surface area contributed by atoms with E-state index in [9.17, 15) is 0 Å². The van der Waals surface area contributed by atoms with E-state index in [0.29, 0.717) is 0 Å². The van der Waals surface area contributed by atoms with Crippen LogP contribution in [0.25, 0.3) is 0 Å². The molecule has 1 rings (SSSR count). The normalized spacial score (nSPS) is 12.8. The van der Waals surface area contributed by atoms with Crippen molar-refractivity contribution in [3.63, 3.8) is 0 Å². The van der Waals surface area contributed by atoms with Crippen LogP contribution < -0.4 is 5.73 Å². The summed E-state index contributed by atoms with van der Waals surface area (Å²) in [5.74, 6) is 1.05. The molecule has 1 atom stereocenters. The van der Waals surface area contributed by atoms with Crippen molar-refractivity contribution < 1.29 is 0 Å². The van der Waals surface area contributed by atoms with E-state index in [4.69, 9.17) is 5.73 Å². The molecule has 0 aliphatic rings. The maximum atomic E-state index is 5.65. The molecular formula is C9H13BrN2S. The van der Waals surface area contributed by atoms with Crippen LogP contribution in [0.2, 0.25) is 0 Å². The molecule has 0 spiro atoms. The smallest absolute Gasteiger partial charge is 0.0411 e. The minimum Gasteiger partial charge on any atom is -0.328 e. The Hall–Kier alpha value is -0.0600. The average Bonchev–Trinajstić information content (AvgIpc) is 2.03. The first kappa shape index (κ1) is 11.0. The summed E-state index contributed by atoms with van der Waals surface area (Å²) < 4.78 is 1.03. The molecule has 0 aromatic carbocycles. The molecule has 0 aliphatic carbocycles. The first-order valence-corrected chi connectivity index (χ1v) is 5.95. The lowest BCUT2D eigenvalue weighted by Crippen LogP contribution is -2.15. The minimum absolute atomic E-state index is 0.285. The number of rotatable bonds is 4. The van der Waals surface area contributed by atoms with Crippen molar-refractivity contribution in [1.29, 1.82) is 0 Å². The van der Waals surface area contributed by atoms with Crippen LogP contribution in [0.1, 0.15) is 13.3 Å². The van der Waals surface area contributed by atoms with Gasteiger partial charge in [0.2, 0.25) is 0 Å². The van der Waals surface area contributed by atoms with E-state index in [1.165, 1.54) is 4.90 Å². The lowest BCUT2D eigenvalue weighted by atomic mass is 10.3. The van der Waals surface area contributed by atoms with Gasteiger partial charge in [-0.05, 0) is 41.1 Å². The first-order chi connectivity index (χ1) is 6.18. The number of pyridine rings is 1. The van der Waals surface area contributed by atoms with Crippen LogP contribution in [0.3, 0.4) is 0 Å². The Morgan fingerprint density at radius 2 is 2.38 bits per heavy atom. The fourth-order valence-electron chi connectivity index (χ4n) is 0.834. The molecule has 0 fully saturated rings. The van der Waals surface area contributed by atoms with Crippen LogP contribution in [0.15, 0.2) is 27.8 Å². The predicted molar refractivity (Wildman–Crippen MR) is 60.9 cm³/mol. The van der Waals surface area contributed by atoms with E-state index in [1.807, 2.05) is 13.1 Å². The molecule has 0 aliphatic heterocycles. The van der Waals surface area contributed by atoms with Gasteiger partial charge >= 0.3 is 0 Å². The summed E-state index contributed by atoms with van der Waals surface area (Å²) >= 11 is 5.17. The molecule has 0 radical (unpaired) electrons. The van der Waals surface area contributed by atoms with E-state index >= 15 is 0 Å². The van der Waals surface area contributed by atoms with Crippen molar-refractivity contribution in [2.24, 2.45) is 5.73 Å². The highest BCUT2D eigenvalue weighted by Gasteiger charge is 1.97. The maximum Gasteiger partial charge on any atom is 0.0411 e. The molecule has 0 amide bonds. The second kappa shape index (κ2) is 5.62. The highest BCUT2D eigenvalue weighted by molar-refractivity contribution is 9.10. The molecule has 1 heterocycles. The van der Waals surface area contributed by atoms with Crippen molar-refractivity contribution in [3.8, 4) is 0 Å². The third kappa shape index (κ3) is 4.64. The Bertz CT molecular complexity index is 266. The fraction of sp³-hybridized carbons (Fsp3) is 0.444. The zero-order valence-electron chi connectivity index (χ0n) is 7.53. The second-order valence-corrected chi connectivity index (χ2v) is 5.04. The van der Waals surface area contributed by atoms with Gasteiger partial charge in [0, 0.05) is 27.8 Å². The number of thioether (sulfide) groups is 1. The molecule has 2 nitrogen and oxygen atoms in total. The van der Waals surface area contributed by atoms with Crippen molar-refractivity contribution >= 4 is 27.7 Å². The first-order valence-electron chi connectivity index (χ1n) is 4.17. The van der Waals surface area contributed by atoms with E-state index in [-0.39, 0.29) is 6.04 Å². The van der Waals surface area contributed by atoms with Crippen molar-refractivity contribution in [3.05, 3.63) is 22.9 Å². The zero-order chi connectivity index (χ0) is 9.68. The quantitative estimate of drug-likeness (QED) is 0.847. The summed E-state index contributed by atoms with van der Waals surface area (Å²) in [6, 6.07) is 2.35. The Labute approximate surface area is 91.4 Å². The summed E-state index contributed by atoms with van der Waals surface area (Å²) in [4.78, 5) is 5.27. The Morgan fingerprint density at radius 3 is 3.00 bits per heavy atom. The van der Waals surface area contributed by atoms with Crippen LogP contribution in [-0.4, -0.2) is 16.8 Å². The largest absolute Gasteiger partial charge is 0.328 e. The molecule has 13 heavy (non-hydrogen) atoms. The van der Waals surface area contributed by atoms with Crippen LogP contribution in [0, 0.1) is 0 Å². The molecular weight excluding hydrogens is 248 g/mol. The van der Waals surface area contributed by atoms with Gasteiger partial charge in [0.15, 0.2) is 0 Å². The van der Waals surface area contributed by atoms with E-state index < -0.39 is 0 Å². The standard InChI is InChI=1S/C9H13BrN2S/c1-7(11)2-3-13-9-4-8(10)5-12-6-9/h4-7H,2-3,11H2,1H3. The number of nitrogens with zero attached hydrogens (tertiary/aromatic N) is 1. The zero-order valence-corrected chi connectivity index (χ0v) is 9.94. The predicted octanol–water partition coefficient (Wildman–Crippen LogP) is 2.67. The lowest BCUT2D eigenvalue weighted by molar-refractivity contribution is 0.721. The van der Waals surface area contributed by atoms with Gasteiger partial charge in [-0.15, -0.1) is 11.8 Å². The molecule has 1 aromatic rings. The van der Waals surface area contributed by atoms with Crippen LogP contribution >= 0.6 is 27.7 Å². The summed E-state index contributed by atoms with van der Waals surface area (Å²) in [7, 11) is 0. The van der Waals surface area contributed by atoms with Gasteiger partial charge in [-0.1, -0.05) is 0 Å². The summed E-state index contributed by atoms with van der Waals surface area (Å²) in [6.45, 7) is 2.03. The van der Waals surface area contributed by atoms with Crippen LogP contribution in [0.4, 0.5) is 0 Å². The van der Waals surface area contributed by atoms with Crippen LogP contribution in [-0.2, 0) is 0 Å². The molecule has 0 saturated heterocycles. The monoisotopic (exact) mass is 260 g/mol. The Balaban J connectivity index is 2.37. The van der Waals surface area contributed by atoms with Crippen LogP contribution in [0.5, 0.6) is 0 Å². The van der Waals surface area contributed by atoms with Gasteiger partial charge in [-0.2, -0.15) is 0 Å². The molecule has 0 saturated carbocycles. The van der Waals surface area contributed by atoms with E-state index in [0.717, 1.165) is 16.6 Å². The van der Waals surface area contributed by atoms with Gasteiger partial charge in [-0.3, -0.25) is 4.98 Å². The molecule has 1 unspecified atom stereocenters. The number of hydrogen-bond donors (Lipinski definition) is 1. The van der Waals surface area contributed by atoms with Gasteiger partial charge < -0.3 is 5.73 Å². The maximum absolute atomic E-state index is 5.65. The Kier molecular flexibility index (Phi) is 4.77. The topological polar surface area (TPSA) is 38.9 Å². The second-order valence-electron chi connectivity index (χ2n) is 2.95. The van der Waals surface area contributed by atoms with Gasteiger partial charge in [-0.25, -0.2) is 0 Å². The molecule has 72 valence electrons. The summed E-state index contributed by atoms with van der Waals surface area (Å²) in [5, 5.41) is 0. The Morgan fingerprint density at radius 1 is 1.62 bits per heavy atom.